The molecule has 1 atom stereocenters. The highest BCUT2D eigenvalue weighted by Crippen LogP contribution is 2.27. The number of carbonyl (C=O) groups excluding carboxylic acids is 3. The number of ether oxygens (including phenoxy) is 1. The summed E-state index contributed by atoms with van der Waals surface area (Å²) in [5.41, 5.74) is 5.77. The lowest BCUT2D eigenvalue weighted by Crippen LogP contribution is -2.50. The molecule has 0 radical (unpaired) electrons. The van der Waals surface area contributed by atoms with Gasteiger partial charge in [0.05, 0.1) is 5.69 Å². The van der Waals surface area contributed by atoms with Gasteiger partial charge in [0, 0.05) is 6.20 Å². The highest BCUT2D eigenvalue weighted by atomic mass is 19.4. The molecule has 29 heavy (non-hydrogen) atoms. The summed E-state index contributed by atoms with van der Waals surface area (Å²) in [5.74, 6) is -1.75. The van der Waals surface area contributed by atoms with Crippen LogP contribution in [0.3, 0.4) is 0 Å². The van der Waals surface area contributed by atoms with Gasteiger partial charge in [0.1, 0.15) is 18.3 Å². The van der Waals surface area contributed by atoms with E-state index in [0.29, 0.717) is 5.69 Å². The monoisotopic (exact) mass is 409 g/mol. The summed E-state index contributed by atoms with van der Waals surface area (Å²) < 4.78 is 40.5. The normalized spacial score (nSPS) is 14.4. The molecule has 0 saturated carbocycles. The summed E-state index contributed by atoms with van der Waals surface area (Å²) in [6.45, 7) is -0.348. The molecule has 0 saturated heterocycles. The second-order valence-electron chi connectivity index (χ2n) is 5.91. The second-order valence-corrected chi connectivity index (χ2v) is 5.91. The van der Waals surface area contributed by atoms with Gasteiger partial charge in [0.25, 0.3) is 0 Å². The Morgan fingerprint density at radius 1 is 1.24 bits per heavy atom. The largest absolute Gasteiger partial charge is 0.573 e. The number of amides is 4. The van der Waals surface area contributed by atoms with Gasteiger partial charge in [0.15, 0.2) is 5.82 Å². The third-order valence-electron chi connectivity index (χ3n) is 3.86. The van der Waals surface area contributed by atoms with Crippen LogP contribution in [-0.4, -0.2) is 35.7 Å². The van der Waals surface area contributed by atoms with Crippen molar-refractivity contribution < 1.29 is 32.3 Å². The molecular formula is C17H14F3N5O4. The molecule has 12 heteroatoms. The lowest BCUT2D eigenvalue weighted by Gasteiger charge is -2.29. The maximum absolute atomic E-state index is 12.7. The summed E-state index contributed by atoms with van der Waals surface area (Å²) in [4.78, 5) is 41.4. The number of aromatic nitrogens is 1. The molecular weight excluding hydrogens is 395 g/mol. The number of nitrogens with zero attached hydrogens (tertiary/aromatic N) is 2. The van der Waals surface area contributed by atoms with Crippen molar-refractivity contribution in [3.05, 3.63) is 48.2 Å². The molecule has 3 rings (SSSR count). The number of urea groups is 1. The first-order valence-corrected chi connectivity index (χ1v) is 8.12. The fraction of sp³-hybridized carbons (Fsp3) is 0.176. The van der Waals surface area contributed by atoms with E-state index < -0.39 is 36.0 Å². The molecule has 1 unspecified atom stereocenters. The van der Waals surface area contributed by atoms with Gasteiger partial charge in [-0.3, -0.25) is 14.5 Å². The number of rotatable bonds is 4. The molecule has 0 spiro atoms. The Morgan fingerprint density at radius 2 is 1.93 bits per heavy atom. The maximum Gasteiger partial charge on any atom is 0.573 e. The SMILES string of the molecule is NC(=O)C(NC(=O)N1CC(=O)Nc2cccnc21)c1ccc(OC(F)(F)F)cc1. The minimum absolute atomic E-state index is 0.128. The van der Waals surface area contributed by atoms with E-state index in [4.69, 9.17) is 5.73 Å². The van der Waals surface area contributed by atoms with Gasteiger partial charge in [-0.15, -0.1) is 13.2 Å². The number of nitrogens with two attached hydrogens (primary N) is 1. The van der Waals surface area contributed by atoms with Crippen molar-refractivity contribution in [2.24, 2.45) is 5.73 Å². The van der Waals surface area contributed by atoms with Crippen LogP contribution in [0.2, 0.25) is 0 Å². The van der Waals surface area contributed by atoms with Crippen molar-refractivity contribution in [3.63, 3.8) is 0 Å². The number of benzene rings is 1. The molecule has 9 nitrogen and oxygen atoms in total. The van der Waals surface area contributed by atoms with Crippen LogP contribution >= 0.6 is 0 Å². The molecule has 4 amide bonds. The van der Waals surface area contributed by atoms with E-state index in [1.807, 2.05) is 0 Å². The fourth-order valence-electron chi connectivity index (χ4n) is 2.67. The van der Waals surface area contributed by atoms with Crippen LogP contribution in [-0.2, 0) is 9.59 Å². The highest BCUT2D eigenvalue weighted by molar-refractivity contribution is 6.09. The van der Waals surface area contributed by atoms with Crippen LogP contribution in [0.1, 0.15) is 11.6 Å². The first-order valence-electron chi connectivity index (χ1n) is 8.12. The van der Waals surface area contributed by atoms with Gasteiger partial charge in [-0.2, -0.15) is 0 Å². The summed E-state index contributed by atoms with van der Waals surface area (Å²) in [6, 6.07) is 5.20. The Bertz CT molecular complexity index is 949. The van der Waals surface area contributed by atoms with E-state index in [-0.39, 0.29) is 17.9 Å². The average molecular weight is 409 g/mol. The van der Waals surface area contributed by atoms with Crippen LogP contribution in [0.25, 0.3) is 0 Å². The predicted molar refractivity (Wildman–Crippen MR) is 93.8 cm³/mol. The smallest absolute Gasteiger partial charge is 0.406 e. The molecule has 1 aromatic heterocycles. The number of primary amides is 1. The Hall–Kier alpha value is -3.83. The summed E-state index contributed by atoms with van der Waals surface area (Å²) in [7, 11) is 0. The fourth-order valence-corrected chi connectivity index (χ4v) is 2.67. The van der Waals surface area contributed by atoms with Crippen molar-refractivity contribution in [2.45, 2.75) is 12.4 Å². The summed E-state index contributed by atoms with van der Waals surface area (Å²) in [5, 5.41) is 4.92. The Morgan fingerprint density at radius 3 is 2.55 bits per heavy atom. The maximum atomic E-state index is 12.7. The Kier molecular flexibility index (Phi) is 5.26. The lowest BCUT2D eigenvalue weighted by molar-refractivity contribution is -0.274. The number of halogens is 3. The van der Waals surface area contributed by atoms with Crippen LogP contribution in [0.4, 0.5) is 29.5 Å². The first kappa shape index (κ1) is 19.9. The zero-order valence-electron chi connectivity index (χ0n) is 14.6. The number of pyridine rings is 1. The molecule has 1 aliphatic heterocycles. The minimum Gasteiger partial charge on any atom is -0.406 e. The molecule has 0 aliphatic carbocycles. The molecule has 1 aliphatic rings. The van der Waals surface area contributed by atoms with Gasteiger partial charge in [-0.05, 0) is 29.8 Å². The number of hydrogen-bond acceptors (Lipinski definition) is 5. The van der Waals surface area contributed by atoms with E-state index in [1.165, 1.54) is 6.20 Å². The average Bonchev–Trinajstić information content (AvgIpc) is 2.64. The number of anilines is 2. The number of fused-ring (bicyclic) bond motifs is 1. The van der Waals surface area contributed by atoms with Crippen molar-refractivity contribution >= 4 is 29.4 Å². The van der Waals surface area contributed by atoms with E-state index in [1.54, 1.807) is 12.1 Å². The van der Waals surface area contributed by atoms with Gasteiger partial charge in [-0.25, -0.2) is 9.78 Å². The van der Waals surface area contributed by atoms with Crippen LogP contribution < -0.4 is 26.0 Å². The third kappa shape index (κ3) is 4.72. The molecule has 2 aromatic rings. The lowest BCUT2D eigenvalue weighted by atomic mass is 10.1. The molecule has 152 valence electrons. The summed E-state index contributed by atoms with van der Waals surface area (Å²) in [6.07, 6.45) is -3.45. The zero-order chi connectivity index (χ0) is 21.2. The van der Waals surface area contributed by atoms with E-state index >= 15 is 0 Å². The molecule has 1 aromatic carbocycles. The van der Waals surface area contributed by atoms with E-state index in [0.717, 1.165) is 29.2 Å². The third-order valence-corrected chi connectivity index (χ3v) is 3.86. The second kappa shape index (κ2) is 7.66. The summed E-state index contributed by atoms with van der Waals surface area (Å²) >= 11 is 0. The molecule has 2 heterocycles. The van der Waals surface area contributed by atoms with E-state index in [9.17, 15) is 27.6 Å². The van der Waals surface area contributed by atoms with Gasteiger partial charge >= 0.3 is 12.4 Å². The van der Waals surface area contributed by atoms with Gasteiger partial charge in [-0.1, -0.05) is 12.1 Å². The Labute approximate surface area is 161 Å². The van der Waals surface area contributed by atoms with E-state index in [2.05, 4.69) is 20.4 Å². The number of alkyl halides is 3. The molecule has 0 bridgehead atoms. The topological polar surface area (TPSA) is 127 Å². The van der Waals surface area contributed by atoms with Gasteiger partial charge in [0.2, 0.25) is 11.8 Å². The number of hydrogen-bond donors (Lipinski definition) is 3. The molecule has 0 fully saturated rings. The van der Waals surface area contributed by atoms with Crippen LogP contribution in [0, 0.1) is 0 Å². The number of nitrogens with one attached hydrogen (secondary N) is 2. The molecule has 4 N–H and O–H groups in total. The van der Waals surface area contributed by atoms with Crippen molar-refractivity contribution in [2.75, 3.05) is 16.8 Å². The van der Waals surface area contributed by atoms with Crippen molar-refractivity contribution in [1.82, 2.24) is 10.3 Å². The van der Waals surface area contributed by atoms with Gasteiger partial charge < -0.3 is 21.1 Å². The first-order chi connectivity index (χ1) is 13.6. The predicted octanol–water partition coefficient (Wildman–Crippen LogP) is 1.67. The highest BCUT2D eigenvalue weighted by Gasteiger charge is 2.32. The van der Waals surface area contributed by atoms with Crippen LogP contribution in [0.15, 0.2) is 42.6 Å². The van der Waals surface area contributed by atoms with Crippen molar-refractivity contribution in [1.29, 1.82) is 0 Å². The quantitative estimate of drug-likeness (QED) is 0.708. The van der Waals surface area contributed by atoms with Crippen molar-refractivity contribution in [3.8, 4) is 5.75 Å². The minimum atomic E-state index is -4.87. The number of carbonyl (C=O) groups is 3. The Balaban J connectivity index is 1.80. The van der Waals surface area contributed by atoms with Crippen LogP contribution in [0.5, 0.6) is 5.75 Å². The standard InChI is InChI=1S/C17H14F3N5O4/c18-17(19,20)29-10-5-3-9(4-6-10)13(14(21)27)24-16(28)25-8-12(26)23-11-2-1-7-22-15(11)25/h1-7,13H,8H2,(H2,21,27)(H,23,26)(H,24,28). The zero-order valence-corrected chi connectivity index (χ0v) is 14.6.